The molecule has 2 nitrogen and oxygen atoms in total. The van der Waals surface area contributed by atoms with Gasteiger partial charge in [0.15, 0.2) is 0 Å². The number of allylic oxidation sites excluding steroid dienone is 1. The van der Waals surface area contributed by atoms with E-state index in [1.807, 2.05) is 0 Å². The van der Waals surface area contributed by atoms with Crippen LogP contribution >= 0.6 is 0 Å². The summed E-state index contributed by atoms with van der Waals surface area (Å²) >= 11 is 0. The molecular weight excluding hydrogens is 242 g/mol. The maximum Gasteiger partial charge on any atom is 0.421 e. The van der Waals surface area contributed by atoms with Gasteiger partial charge in [-0.2, -0.15) is 26.3 Å². The molecule has 0 aromatic carbocycles. The van der Waals surface area contributed by atoms with Crippen molar-refractivity contribution in [2.24, 2.45) is 5.41 Å². The number of carboxylic acids is 1. The molecule has 0 radical (unpaired) electrons. The lowest BCUT2D eigenvalue weighted by Gasteiger charge is -2.16. The molecule has 1 aliphatic carbocycles. The molecule has 0 aliphatic heterocycles. The lowest BCUT2D eigenvalue weighted by atomic mass is 10.0. The number of hydrogen-bond donors (Lipinski definition) is 1. The SMILES string of the molecule is O=C(O)C1(C=C(C(F)(F)F)C(F)(F)F)CC1. The molecule has 0 heterocycles. The van der Waals surface area contributed by atoms with E-state index in [9.17, 15) is 31.1 Å². The van der Waals surface area contributed by atoms with Crippen molar-refractivity contribution in [1.82, 2.24) is 0 Å². The summed E-state index contributed by atoms with van der Waals surface area (Å²) in [7, 11) is 0. The Hall–Kier alpha value is -1.21. The first kappa shape index (κ1) is 12.9. The largest absolute Gasteiger partial charge is 0.481 e. The van der Waals surface area contributed by atoms with Gasteiger partial charge in [0.25, 0.3) is 0 Å². The second kappa shape index (κ2) is 3.39. The number of alkyl halides is 6. The van der Waals surface area contributed by atoms with Crippen molar-refractivity contribution in [1.29, 1.82) is 0 Å². The van der Waals surface area contributed by atoms with Gasteiger partial charge in [-0.15, -0.1) is 0 Å². The summed E-state index contributed by atoms with van der Waals surface area (Å²) in [5.41, 5.74) is -4.75. The van der Waals surface area contributed by atoms with E-state index < -0.39 is 29.3 Å². The van der Waals surface area contributed by atoms with Crippen molar-refractivity contribution in [2.75, 3.05) is 0 Å². The zero-order valence-corrected chi connectivity index (χ0v) is 7.61. The fraction of sp³-hybridized carbons (Fsp3) is 0.625. The van der Waals surface area contributed by atoms with E-state index in [1.165, 1.54) is 0 Å². The Morgan fingerprint density at radius 1 is 1.06 bits per heavy atom. The van der Waals surface area contributed by atoms with E-state index >= 15 is 0 Å². The maximum absolute atomic E-state index is 12.1. The zero-order valence-electron chi connectivity index (χ0n) is 7.61. The minimum absolute atomic E-state index is 0.210. The van der Waals surface area contributed by atoms with Crippen LogP contribution in [0.2, 0.25) is 0 Å². The lowest BCUT2D eigenvalue weighted by Crippen LogP contribution is -2.28. The van der Waals surface area contributed by atoms with Crippen LogP contribution in [0.15, 0.2) is 11.6 Å². The van der Waals surface area contributed by atoms with Crippen LogP contribution in [0.1, 0.15) is 12.8 Å². The molecule has 1 rings (SSSR count). The van der Waals surface area contributed by atoms with E-state index in [1.54, 1.807) is 0 Å². The first-order chi connectivity index (χ1) is 6.99. The average Bonchev–Trinajstić information content (AvgIpc) is 2.75. The van der Waals surface area contributed by atoms with Gasteiger partial charge in [-0.25, -0.2) is 0 Å². The summed E-state index contributed by atoms with van der Waals surface area (Å²) in [6, 6.07) is 0. The number of carboxylic acid groups (broad SMARTS) is 1. The number of carbonyl (C=O) groups is 1. The van der Waals surface area contributed by atoms with Crippen LogP contribution in [0.4, 0.5) is 26.3 Å². The number of hydrogen-bond acceptors (Lipinski definition) is 1. The molecule has 1 fully saturated rings. The molecule has 0 saturated heterocycles. The quantitative estimate of drug-likeness (QED) is 0.602. The van der Waals surface area contributed by atoms with Gasteiger partial charge in [0.05, 0.1) is 5.41 Å². The highest BCUT2D eigenvalue weighted by Gasteiger charge is 2.57. The van der Waals surface area contributed by atoms with E-state index in [0.717, 1.165) is 0 Å². The Morgan fingerprint density at radius 2 is 1.44 bits per heavy atom. The predicted molar refractivity (Wildman–Crippen MR) is 39.5 cm³/mol. The molecule has 1 saturated carbocycles. The highest BCUT2D eigenvalue weighted by molar-refractivity contribution is 5.80. The first-order valence-electron chi connectivity index (χ1n) is 4.10. The average molecular weight is 248 g/mol. The Bertz CT molecular complexity index is 317. The normalized spacial score (nSPS) is 19.1. The van der Waals surface area contributed by atoms with Gasteiger partial charge in [-0.1, -0.05) is 6.08 Å². The molecule has 0 unspecified atom stereocenters. The molecule has 92 valence electrons. The van der Waals surface area contributed by atoms with Crippen LogP contribution in [0.3, 0.4) is 0 Å². The molecule has 0 aromatic rings. The molecule has 0 bridgehead atoms. The second-order valence-electron chi connectivity index (χ2n) is 3.51. The third-order valence-corrected chi connectivity index (χ3v) is 2.25. The van der Waals surface area contributed by atoms with Gasteiger partial charge in [-0.05, 0) is 12.8 Å². The fourth-order valence-corrected chi connectivity index (χ4v) is 1.16. The monoisotopic (exact) mass is 248 g/mol. The molecular formula is C8H6F6O2. The Morgan fingerprint density at radius 3 is 1.62 bits per heavy atom. The molecule has 1 N–H and O–H groups in total. The highest BCUT2D eigenvalue weighted by Crippen LogP contribution is 2.51. The van der Waals surface area contributed by atoms with Crippen LogP contribution in [0.25, 0.3) is 0 Å². The molecule has 8 heteroatoms. The van der Waals surface area contributed by atoms with Crippen molar-refractivity contribution in [3.63, 3.8) is 0 Å². The maximum atomic E-state index is 12.1. The van der Waals surface area contributed by atoms with Crippen molar-refractivity contribution in [3.05, 3.63) is 11.6 Å². The third-order valence-electron chi connectivity index (χ3n) is 2.25. The van der Waals surface area contributed by atoms with Gasteiger partial charge in [0.2, 0.25) is 0 Å². The van der Waals surface area contributed by atoms with Crippen LogP contribution < -0.4 is 0 Å². The van der Waals surface area contributed by atoms with E-state index in [0.29, 0.717) is 0 Å². The number of aliphatic carboxylic acids is 1. The lowest BCUT2D eigenvalue weighted by molar-refractivity contribution is -0.172. The van der Waals surface area contributed by atoms with Crippen LogP contribution in [-0.4, -0.2) is 23.4 Å². The zero-order chi connectivity index (χ0) is 12.8. The van der Waals surface area contributed by atoms with Crippen LogP contribution in [0.5, 0.6) is 0 Å². The van der Waals surface area contributed by atoms with Crippen molar-refractivity contribution >= 4 is 5.97 Å². The van der Waals surface area contributed by atoms with E-state index in [-0.39, 0.29) is 18.9 Å². The molecule has 16 heavy (non-hydrogen) atoms. The molecule has 1 aliphatic rings. The predicted octanol–water partition coefficient (Wildman–Crippen LogP) is 2.90. The van der Waals surface area contributed by atoms with Gasteiger partial charge in [0, 0.05) is 0 Å². The molecule has 0 amide bonds. The Balaban J connectivity index is 3.14. The smallest absolute Gasteiger partial charge is 0.421 e. The van der Waals surface area contributed by atoms with Gasteiger partial charge in [-0.3, -0.25) is 4.79 Å². The molecule has 0 spiro atoms. The fourth-order valence-electron chi connectivity index (χ4n) is 1.16. The van der Waals surface area contributed by atoms with E-state index in [4.69, 9.17) is 5.11 Å². The Labute approximate surface area is 85.5 Å². The number of halogens is 6. The standard InChI is InChI=1S/C8H6F6O2/c9-7(10,11)4(8(12,13)14)3-6(1-2-6)5(15)16/h3H,1-2H2,(H,15,16). The number of rotatable bonds is 2. The molecule has 0 atom stereocenters. The summed E-state index contributed by atoms with van der Waals surface area (Å²) < 4.78 is 72.3. The third kappa shape index (κ3) is 2.48. The summed E-state index contributed by atoms with van der Waals surface area (Å²) in [5.74, 6) is -1.67. The van der Waals surface area contributed by atoms with Crippen molar-refractivity contribution in [2.45, 2.75) is 25.2 Å². The van der Waals surface area contributed by atoms with Crippen molar-refractivity contribution in [3.8, 4) is 0 Å². The topological polar surface area (TPSA) is 37.3 Å². The first-order valence-corrected chi connectivity index (χ1v) is 4.10. The Kier molecular flexibility index (Phi) is 2.73. The van der Waals surface area contributed by atoms with Crippen LogP contribution in [-0.2, 0) is 4.79 Å². The van der Waals surface area contributed by atoms with Gasteiger partial charge >= 0.3 is 18.3 Å². The van der Waals surface area contributed by atoms with Crippen LogP contribution in [0, 0.1) is 5.41 Å². The minimum atomic E-state index is -5.59. The highest BCUT2D eigenvalue weighted by atomic mass is 19.4. The summed E-state index contributed by atoms with van der Waals surface area (Å²) in [6.07, 6.45) is -11.8. The van der Waals surface area contributed by atoms with Crippen molar-refractivity contribution < 1.29 is 36.2 Å². The summed E-state index contributed by atoms with van der Waals surface area (Å²) in [6.45, 7) is 0. The van der Waals surface area contributed by atoms with Gasteiger partial charge < -0.3 is 5.11 Å². The summed E-state index contributed by atoms with van der Waals surface area (Å²) in [5, 5.41) is 8.50. The van der Waals surface area contributed by atoms with Gasteiger partial charge in [0.1, 0.15) is 5.57 Å². The van der Waals surface area contributed by atoms with E-state index in [2.05, 4.69) is 0 Å². The second-order valence-corrected chi connectivity index (χ2v) is 3.51. The molecule has 0 aromatic heterocycles. The minimum Gasteiger partial charge on any atom is -0.481 e. The summed E-state index contributed by atoms with van der Waals surface area (Å²) in [4.78, 5) is 10.5.